The fraction of sp³-hybridized carbons (Fsp3) is 0.0667. The van der Waals surface area contributed by atoms with Gasteiger partial charge in [-0.15, -0.1) is 0 Å². The molecule has 2 aromatic carbocycles. The van der Waals surface area contributed by atoms with Gasteiger partial charge in [0.1, 0.15) is 0 Å². The van der Waals surface area contributed by atoms with Gasteiger partial charge in [-0.25, -0.2) is 5.43 Å². The van der Waals surface area contributed by atoms with Crippen LogP contribution in [0.15, 0.2) is 41.5 Å². The number of nitrogens with one attached hydrogen (secondary N) is 1. The second-order valence-corrected chi connectivity index (χ2v) is 5.06. The van der Waals surface area contributed by atoms with Crippen LogP contribution in [0, 0.1) is 17.0 Å². The predicted molar refractivity (Wildman–Crippen MR) is 86.0 cm³/mol. The van der Waals surface area contributed by atoms with E-state index in [4.69, 9.17) is 11.6 Å². The minimum absolute atomic E-state index is 0.106. The number of halogens is 1. The number of phenolic OH excluding ortho intramolecular Hbond substituents is 1. The number of nitrogens with zero attached hydrogens (tertiary/aromatic N) is 2. The number of rotatable bonds is 4. The summed E-state index contributed by atoms with van der Waals surface area (Å²) in [4.78, 5) is 22.0. The number of para-hydroxylation sites is 1. The van der Waals surface area contributed by atoms with Gasteiger partial charge in [0.15, 0.2) is 0 Å². The number of aryl methyl sites for hydroxylation is 1. The molecule has 23 heavy (non-hydrogen) atoms. The van der Waals surface area contributed by atoms with Crippen LogP contribution in [0.5, 0.6) is 5.75 Å². The molecule has 0 saturated heterocycles. The third-order valence-corrected chi connectivity index (χ3v) is 3.29. The number of amides is 1. The van der Waals surface area contributed by atoms with Crippen LogP contribution < -0.4 is 5.43 Å². The van der Waals surface area contributed by atoms with E-state index in [9.17, 15) is 20.0 Å². The Labute approximate surface area is 136 Å². The quantitative estimate of drug-likeness (QED) is 0.509. The molecule has 8 heteroatoms. The predicted octanol–water partition coefficient (Wildman–Crippen LogP) is 3.03. The Balaban J connectivity index is 2.14. The van der Waals surface area contributed by atoms with Gasteiger partial charge in [0.25, 0.3) is 5.91 Å². The Morgan fingerprint density at radius 3 is 2.78 bits per heavy atom. The second-order valence-electron chi connectivity index (χ2n) is 4.65. The van der Waals surface area contributed by atoms with E-state index >= 15 is 0 Å². The Hall–Kier alpha value is -2.93. The molecule has 2 N–H and O–H groups in total. The van der Waals surface area contributed by atoms with Gasteiger partial charge in [0.05, 0.1) is 21.7 Å². The highest BCUT2D eigenvalue weighted by Crippen LogP contribution is 2.27. The van der Waals surface area contributed by atoms with Gasteiger partial charge in [-0.2, -0.15) is 5.10 Å². The maximum absolute atomic E-state index is 11.9. The first kappa shape index (κ1) is 16.4. The van der Waals surface area contributed by atoms with E-state index in [1.165, 1.54) is 12.1 Å². The molecule has 1 amide bonds. The molecule has 0 heterocycles. The molecule has 0 fully saturated rings. The molecule has 118 valence electrons. The molecule has 0 atom stereocenters. The summed E-state index contributed by atoms with van der Waals surface area (Å²) in [5, 5.41) is 24.4. The van der Waals surface area contributed by atoms with Gasteiger partial charge >= 0.3 is 5.69 Å². The highest BCUT2D eigenvalue weighted by molar-refractivity contribution is 6.33. The zero-order valence-corrected chi connectivity index (χ0v) is 12.7. The lowest BCUT2D eigenvalue weighted by Crippen LogP contribution is -2.18. The molecule has 2 aromatic rings. The van der Waals surface area contributed by atoms with E-state index in [-0.39, 0.29) is 16.1 Å². The Morgan fingerprint density at radius 1 is 1.39 bits per heavy atom. The van der Waals surface area contributed by atoms with Crippen molar-refractivity contribution in [1.29, 1.82) is 0 Å². The van der Waals surface area contributed by atoms with Crippen LogP contribution in [0.4, 0.5) is 5.69 Å². The van der Waals surface area contributed by atoms with Crippen LogP contribution in [-0.2, 0) is 0 Å². The molecule has 0 bridgehead atoms. The van der Waals surface area contributed by atoms with E-state index in [0.717, 1.165) is 17.8 Å². The highest BCUT2D eigenvalue weighted by Gasteiger charge is 2.15. The number of hydrogen-bond acceptors (Lipinski definition) is 5. The monoisotopic (exact) mass is 333 g/mol. The van der Waals surface area contributed by atoms with Gasteiger partial charge < -0.3 is 5.11 Å². The van der Waals surface area contributed by atoms with Crippen molar-refractivity contribution < 1.29 is 14.8 Å². The number of nitro groups is 1. The minimum Gasteiger partial charge on any atom is -0.502 e. The normalized spacial score (nSPS) is 10.7. The summed E-state index contributed by atoms with van der Waals surface area (Å²) in [6, 6.07) is 8.93. The van der Waals surface area contributed by atoms with Crippen molar-refractivity contribution in [3.8, 4) is 5.75 Å². The summed E-state index contributed by atoms with van der Waals surface area (Å²) in [5.74, 6) is -1.06. The third-order valence-electron chi connectivity index (χ3n) is 2.98. The number of aromatic hydroxyl groups is 1. The zero-order valence-electron chi connectivity index (χ0n) is 12.0. The third kappa shape index (κ3) is 3.83. The minimum atomic E-state index is -0.711. The van der Waals surface area contributed by atoms with Crippen molar-refractivity contribution in [2.24, 2.45) is 5.10 Å². The summed E-state index contributed by atoms with van der Waals surface area (Å²) in [5.41, 5.74) is 3.07. The van der Waals surface area contributed by atoms with Crippen LogP contribution in [0.2, 0.25) is 5.02 Å². The maximum Gasteiger partial charge on any atom is 0.311 e. The Morgan fingerprint density at radius 2 is 2.13 bits per heavy atom. The molecule has 0 spiro atoms. The summed E-state index contributed by atoms with van der Waals surface area (Å²) in [6.07, 6.45) is 1.11. The number of phenols is 1. The highest BCUT2D eigenvalue weighted by atomic mass is 35.5. The number of benzene rings is 2. The van der Waals surface area contributed by atoms with Gasteiger partial charge in [-0.1, -0.05) is 23.7 Å². The van der Waals surface area contributed by atoms with Crippen molar-refractivity contribution in [2.45, 2.75) is 6.92 Å². The Bertz CT molecular complexity index is 805. The second kappa shape index (κ2) is 6.89. The molecule has 0 unspecified atom stereocenters. The molecule has 0 aromatic heterocycles. The Kier molecular flexibility index (Phi) is 4.92. The van der Waals surface area contributed by atoms with Gasteiger partial charge in [0.2, 0.25) is 5.75 Å². The molecular formula is C15H12ClN3O4. The molecule has 2 rings (SSSR count). The van der Waals surface area contributed by atoms with Crippen molar-refractivity contribution in [2.75, 3.05) is 0 Å². The molecule has 0 aliphatic rings. The van der Waals surface area contributed by atoms with Crippen molar-refractivity contribution in [1.82, 2.24) is 5.43 Å². The smallest absolute Gasteiger partial charge is 0.311 e. The number of carbonyl (C=O) groups is 1. The topological polar surface area (TPSA) is 105 Å². The summed E-state index contributed by atoms with van der Waals surface area (Å²) < 4.78 is 0. The number of nitro benzene ring substituents is 1. The average molecular weight is 334 g/mol. The number of hydrazone groups is 1. The lowest BCUT2D eigenvalue weighted by atomic mass is 10.1. The fourth-order valence-electron chi connectivity index (χ4n) is 1.83. The first-order valence-corrected chi connectivity index (χ1v) is 6.84. The molecule has 0 saturated carbocycles. The van der Waals surface area contributed by atoms with Crippen LogP contribution in [0.1, 0.15) is 21.5 Å². The van der Waals surface area contributed by atoms with E-state index < -0.39 is 22.3 Å². The molecule has 0 radical (unpaired) electrons. The van der Waals surface area contributed by atoms with E-state index in [2.05, 4.69) is 10.5 Å². The summed E-state index contributed by atoms with van der Waals surface area (Å²) >= 11 is 5.97. The maximum atomic E-state index is 11.9. The average Bonchev–Trinajstić information content (AvgIpc) is 2.48. The van der Waals surface area contributed by atoms with Crippen LogP contribution in [-0.4, -0.2) is 22.2 Å². The molecule has 7 nitrogen and oxygen atoms in total. The first-order chi connectivity index (χ1) is 10.9. The SMILES string of the molecule is Cc1ccc(C(=O)NN=Cc2cccc([N+](=O)[O-])c2O)c(Cl)c1. The molecule has 0 aliphatic heterocycles. The van der Waals surface area contributed by atoms with Gasteiger partial charge in [0, 0.05) is 11.6 Å². The molecular weight excluding hydrogens is 322 g/mol. The van der Waals surface area contributed by atoms with Gasteiger partial charge in [-0.05, 0) is 30.7 Å². The van der Waals surface area contributed by atoms with Crippen molar-refractivity contribution >= 4 is 29.4 Å². The standard InChI is InChI=1S/C15H12ClN3O4/c1-9-5-6-11(12(16)7-9)15(21)18-17-8-10-3-2-4-13(14(10)20)19(22)23/h2-8,20H,1H3,(H,18,21). The van der Waals surface area contributed by atoms with Crippen molar-refractivity contribution in [3.05, 3.63) is 68.2 Å². The first-order valence-electron chi connectivity index (χ1n) is 6.46. The summed E-state index contributed by atoms with van der Waals surface area (Å²) in [7, 11) is 0. The number of carbonyl (C=O) groups excluding carboxylic acids is 1. The van der Waals surface area contributed by atoms with Crippen molar-refractivity contribution in [3.63, 3.8) is 0 Å². The van der Waals surface area contributed by atoms with E-state index in [1.807, 2.05) is 6.92 Å². The lowest BCUT2D eigenvalue weighted by Gasteiger charge is -2.04. The fourth-order valence-corrected chi connectivity index (χ4v) is 2.15. The number of hydrogen-bond donors (Lipinski definition) is 2. The zero-order chi connectivity index (χ0) is 17.0. The summed E-state index contributed by atoms with van der Waals surface area (Å²) in [6.45, 7) is 1.84. The van der Waals surface area contributed by atoms with E-state index in [1.54, 1.807) is 18.2 Å². The van der Waals surface area contributed by atoms with Gasteiger partial charge in [-0.3, -0.25) is 14.9 Å². The van der Waals surface area contributed by atoms with Crippen LogP contribution in [0.25, 0.3) is 0 Å². The van der Waals surface area contributed by atoms with Crippen LogP contribution >= 0.6 is 11.6 Å². The lowest BCUT2D eigenvalue weighted by molar-refractivity contribution is -0.385. The molecule has 0 aliphatic carbocycles. The van der Waals surface area contributed by atoms with Crippen LogP contribution in [0.3, 0.4) is 0 Å². The van der Waals surface area contributed by atoms with E-state index in [0.29, 0.717) is 0 Å². The largest absolute Gasteiger partial charge is 0.502 e.